The third-order valence-electron chi connectivity index (χ3n) is 8.80. The van der Waals surface area contributed by atoms with Crippen molar-refractivity contribution in [3.63, 3.8) is 0 Å². The zero-order valence-electron chi connectivity index (χ0n) is 23.6. The maximum absolute atomic E-state index is 13.9. The van der Waals surface area contributed by atoms with Crippen LogP contribution in [0.3, 0.4) is 0 Å². The number of nitrogens with one attached hydrogen (secondary N) is 2. The van der Waals surface area contributed by atoms with Crippen LogP contribution >= 0.6 is 0 Å². The molecular formula is C30H44N4O6. The van der Waals surface area contributed by atoms with E-state index in [1.54, 1.807) is 11.0 Å². The van der Waals surface area contributed by atoms with Crippen molar-refractivity contribution in [2.45, 2.75) is 75.7 Å². The summed E-state index contributed by atoms with van der Waals surface area (Å²) < 4.78 is 17.5. The van der Waals surface area contributed by atoms with Gasteiger partial charge in [-0.2, -0.15) is 0 Å². The van der Waals surface area contributed by atoms with Crippen LogP contribution in [0, 0.1) is 5.92 Å². The van der Waals surface area contributed by atoms with E-state index >= 15 is 0 Å². The minimum atomic E-state index is -0.623. The SMILES string of the molecule is COCC(=O)N[C@@H]1CC[C@H]2CCOc3ccccc3C(=O)N3CCN(CC4CCCCC4)C[C@H]3C(=O)NC[C@H]1O2. The Labute approximate surface area is 237 Å². The van der Waals surface area contributed by atoms with Crippen molar-refractivity contribution >= 4 is 17.7 Å². The first-order valence-electron chi connectivity index (χ1n) is 15.0. The van der Waals surface area contributed by atoms with Crippen LogP contribution in [0.15, 0.2) is 24.3 Å². The minimum Gasteiger partial charge on any atom is -0.493 e. The maximum atomic E-state index is 13.9. The van der Waals surface area contributed by atoms with Crippen molar-refractivity contribution < 1.29 is 28.6 Å². The summed E-state index contributed by atoms with van der Waals surface area (Å²) >= 11 is 0. The fraction of sp³-hybridized carbons (Fsp3) is 0.700. The number of ether oxygens (including phenoxy) is 3. The van der Waals surface area contributed by atoms with E-state index in [1.165, 1.54) is 39.2 Å². The number of carbonyl (C=O) groups is 3. The lowest BCUT2D eigenvalue weighted by Gasteiger charge is -2.43. The van der Waals surface area contributed by atoms with Crippen LogP contribution in [-0.2, 0) is 19.1 Å². The summed E-state index contributed by atoms with van der Waals surface area (Å²) in [6.45, 7) is 3.33. The average Bonchev–Trinajstić information content (AvgIpc) is 2.97. The van der Waals surface area contributed by atoms with E-state index in [9.17, 15) is 14.4 Å². The van der Waals surface area contributed by atoms with Crippen LogP contribution in [0.5, 0.6) is 5.75 Å². The molecule has 40 heavy (non-hydrogen) atoms. The molecule has 2 saturated heterocycles. The van der Waals surface area contributed by atoms with Gasteiger partial charge in [0.2, 0.25) is 11.8 Å². The number of carbonyl (C=O) groups excluding carboxylic acids is 3. The molecule has 1 aromatic rings. The molecule has 3 fully saturated rings. The van der Waals surface area contributed by atoms with Crippen LogP contribution in [0.25, 0.3) is 0 Å². The van der Waals surface area contributed by atoms with Gasteiger partial charge < -0.3 is 29.7 Å². The second kappa shape index (κ2) is 13.8. The normalized spacial score (nSPS) is 28.9. The van der Waals surface area contributed by atoms with Crippen molar-refractivity contribution in [3.8, 4) is 5.75 Å². The van der Waals surface area contributed by atoms with Gasteiger partial charge >= 0.3 is 0 Å². The molecule has 1 saturated carbocycles. The van der Waals surface area contributed by atoms with Crippen molar-refractivity contribution in [2.75, 3.05) is 53.0 Å². The number of fused-ring (bicyclic) bond motifs is 4. The quantitative estimate of drug-likeness (QED) is 0.571. The highest BCUT2D eigenvalue weighted by Crippen LogP contribution is 2.28. The minimum absolute atomic E-state index is 0.0256. The molecule has 3 aliphatic heterocycles. The number of methoxy groups -OCH3 is 1. The second-order valence-corrected chi connectivity index (χ2v) is 11.6. The summed E-state index contributed by atoms with van der Waals surface area (Å²) in [5.41, 5.74) is 0.487. The van der Waals surface area contributed by atoms with Gasteiger partial charge in [-0.15, -0.1) is 0 Å². The zero-order valence-corrected chi connectivity index (χ0v) is 23.6. The number of rotatable bonds is 5. The molecule has 2 bridgehead atoms. The molecular weight excluding hydrogens is 512 g/mol. The van der Waals surface area contributed by atoms with E-state index in [2.05, 4.69) is 15.5 Å². The third-order valence-corrected chi connectivity index (χ3v) is 8.80. The first kappa shape index (κ1) is 28.8. The van der Waals surface area contributed by atoms with Crippen LogP contribution in [0.2, 0.25) is 0 Å². The molecule has 3 amide bonds. The van der Waals surface area contributed by atoms with Gasteiger partial charge in [-0.25, -0.2) is 0 Å². The first-order valence-corrected chi connectivity index (χ1v) is 15.0. The molecule has 10 heteroatoms. The smallest absolute Gasteiger partial charge is 0.258 e. The Kier molecular flexibility index (Phi) is 9.93. The molecule has 2 N–H and O–H groups in total. The Morgan fingerprint density at radius 3 is 2.73 bits per heavy atom. The van der Waals surface area contributed by atoms with E-state index in [0.29, 0.717) is 43.3 Å². The van der Waals surface area contributed by atoms with E-state index in [1.807, 2.05) is 18.2 Å². The first-order chi connectivity index (χ1) is 19.5. The molecule has 10 nitrogen and oxygen atoms in total. The predicted octanol–water partition coefficient (Wildman–Crippen LogP) is 1.97. The summed E-state index contributed by atoms with van der Waals surface area (Å²) in [5.74, 6) is 0.611. The molecule has 0 spiro atoms. The van der Waals surface area contributed by atoms with Gasteiger partial charge in [0.15, 0.2) is 0 Å². The Morgan fingerprint density at radius 1 is 1.07 bits per heavy atom. The predicted molar refractivity (Wildman–Crippen MR) is 149 cm³/mol. The van der Waals surface area contributed by atoms with Gasteiger partial charge in [0.05, 0.1) is 30.4 Å². The van der Waals surface area contributed by atoms with Gasteiger partial charge in [-0.05, 0) is 43.7 Å². The lowest BCUT2D eigenvalue weighted by molar-refractivity contribution is -0.132. The summed E-state index contributed by atoms with van der Waals surface area (Å²) in [4.78, 5) is 44.0. The number of hydrogen-bond donors (Lipinski definition) is 2. The highest BCUT2D eigenvalue weighted by Gasteiger charge is 2.39. The number of hydrogen-bond acceptors (Lipinski definition) is 7. The molecule has 4 aliphatic rings. The largest absolute Gasteiger partial charge is 0.493 e. The van der Waals surface area contributed by atoms with Crippen LogP contribution in [0.4, 0.5) is 0 Å². The Hall–Kier alpha value is -2.69. The van der Waals surface area contributed by atoms with E-state index in [4.69, 9.17) is 14.2 Å². The highest BCUT2D eigenvalue weighted by atomic mass is 16.5. The molecule has 0 unspecified atom stereocenters. The van der Waals surface area contributed by atoms with Gasteiger partial charge in [0.1, 0.15) is 18.4 Å². The van der Waals surface area contributed by atoms with Gasteiger partial charge in [0.25, 0.3) is 5.91 Å². The van der Waals surface area contributed by atoms with E-state index < -0.39 is 6.04 Å². The average molecular weight is 557 g/mol. The lowest BCUT2D eigenvalue weighted by Crippen LogP contribution is -2.62. The number of benzene rings is 1. The Bertz CT molecular complexity index is 1030. The highest BCUT2D eigenvalue weighted by molar-refractivity contribution is 6.00. The van der Waals surface area contributed by atoms with Gasteiger partial charge in [0, 0.05) is 46.3 Å². The summed E-state index contributed by atoms with van der Waals surface area (Å²) in [6, 6.07) is 6.45. The van der Waals surface area contributed by atoms with Crippen LogP contribution in [-0.4, -0.2) is 105 Å². The zero-order chi connectivity index (χ0) is 27.9. The fourth-order valence-corrected chi connectivity index (χ4v) is 6.66. The topological polar surface area (TPSA) is 109 Å². The van der Waals surface area contributed by atoms with Gasteiger partial charge in [-0.3, -0.25) is 19.3 Å². The molecule has 1 aliphatic carbocycles. The summed E-state index contributed by atoms with van der Waals surface area (Å²) in [6.07, 6.45) is 8.01. The van der Waals surface area contributed by atoms with E-state index in [0.717, 1.165) is 25.9 Å². The molecule has 3 heterocycles. The van der Waals surface area contributed by atoms with Crippen LogP contribution in [0.1, 0.15) is 61.7 Å². The van der Waals surface area contributed by atoms with Gasteiger partial charge in [-0.1, -0.05) is 31.4 Å². The van der Waals surface area contributed by atoms with Crippen molar-refractivity contribution in [3.05, 3.63) is 29.8 Å². The number of piperazine rings is 1. The summed E-state index contributed by atoms with van der Waals surface area (Å²) in [5, 5.41) is 6.11. The molecule has 5 rings (SSSR count). The monoisotopic (exact) mass is 556 g/mol. The van der Waals surface area contributed by atoms with Crippen molar-refractivity contribution in [1.29, 1.82) is 0 Å². The third kappa shape index (κ3) is 7.14. The second-order valence-electron chi connectivity index (χ2n) is 11.6. The standard InChI is InChI=1S/C30H44N4O6/c1-38-20-28(35)32-24-12-11-22-13-16-39-26-10-6-5-9-23(26)30(37)34-15-14-33(18-21-7-3-2-4-8-21)19-25(34)29(36)31-17-27(24)40-22/h5-6,9-10,21-22,24-25,27H,2-4,7-8,11-20H2,1H3,(H,31,36)(H,32,35)/t22-,24+,25-,27+/m0/s1. The van der Waals surface area contributed by atoms with Crippen molar-refractivity contribution in [1.82, 2.24) is 20.4 Å². The van der Waals surface area contributed by atoms with Crippen molar-refractivity contribution in [2.24, 2.45) is 5.92 Å². The summed E-state index contributed by atoms with van der Waals surface area (Å²) in [7, 11) is 1.49. The fourth-order valence-electron chi connectivity index (χ4n) is 6.66. The molecule has 0 radical (unpaired) electrons. The van der Waals surface area contributed by atoms with Crippen LogP contribution < -0.4 is 15.4 Å². The molecule has 220 valence electrons. The van der Waals surface area contributed by atoms with E-state index in [-0.39, 0.29) is 49.1 Å². The molecule has 1 aromatic carbocycles. The Balaban J connectivity index is 1.36. The lowest BCUT2D eigenvalue weighted by atomic mass is 9.88. The Morgan fingerprint density at radius 2 is 1.90 bits per heavy atom. The number of amides is 3. The molecule has 4 atom stereocenters. The molecule has 0 aromatic heterocycles. The maximum Gasteiger partial charge on any atom is 0.258 e. The number of para-hydroxylation sites is 1. The number of nitrogens with zero attached hydrogens (tertiary/aromatic N) is 2.